The molecular weight excluding hydrogens is 495 g/mol. The molecule has 5 rings (SSSR count). The van der Waals surface area contributed by atoms with Crippen LogP contribution in [0, 0.1) is 6.92 Å². The number of benzene rings is 2. The molecule has 3 heterocycles. The van der Waals surface area contributed by atoms with Gasteiger partial charge in [-0.25, -0.2) is 4.79 Å². The van der Waals surface area contributed by atoms with E-state index < -0.39 is 29.3 Å². The summed E-state index contributed by atoms with van der Waals surface area (Å²) in [6.45, 7) is 7.93. The van der Waals surface area contributed by atoms with E-state index in [0.717, 1.165) is 17.0 Å². The molecular formula is C29H30F3N3O3. The molecule has 200 valence electrons. The lowest BCUT2D eigenvalue weighted by Crippen LogP contribution is -2.48. The number of amides is 2. The summed E-state index contributed by atoms with van der Waals surface area (Å²) in [5, 5.41) is 0.734. The predicted octanol–water partition coefficient (Wildman–Crippen LogP) is 6.58. The summed E-state index contributed by atoms with van der Waals surface area (Å²) < 4.78 is 48.3. The third-order valence-corrected chi connectivity index (χ3v) is 7.21. The first kappa shape index (κ1) is 26.0. The summed E-state index contributed by atoms with van der Waals surface area (Å²) in [5.41, 5.74) is 1.26. The van der Waals surface area contributed by atoms with Crippen LogP contribution in [0.5, 0.6) is 0 Å². The Hall–Kier alpha value is -3.62. The molecule has 0 radical (unpaired) electrons. The first-order valence-corrected chi connectivity index (χ1v) is 12.7. The van der Waals surface area contributed by atoms with Gasteiger partial charge in [-0.1, -0.05) is 18.2 Å². The van der Waals surface area contributed by atoms with Crippen LogP contribution in [0.1, 0.15) is 60.7 Å². The van der Waals surface area contributed by atoms with Gasteiger partial charge in [-0.05, 0) is 81.0 Å². The van der Waals surface area contributed by atoms with Crippen LogP contribution in [0.3, 0.4) is 0 Å². The topological polar surface area (TPSA) is 62.7 Å². The van der Waals surface area contributed by atoms with Crippen molar-refractivity contribution in [2.24, 2.45) is 0 Å². The maximum absolute atomic E-state index is 14.3. The van der Waals surface area contributed by atoms with Gasteiger partial charge in [0.2, 0.25) is 0 Å². The van der Waals surface area contributed by atoms with Crippen molar-refractivity contribution in [2.45, 2.75) is 64.9 Å². The Morgan fingerprint density at radius 2 is 1.76 bits per heavy atom. The molecule has 2 aromatic carbocycles. The van der Waals surface area contributed by atoms with Crippen molar-refractivity contribution in [1.29, 1.82) is 0 Å². The zero-order chi connectivity index (χ0) is 27.4. The molecule has 2 aliphatic rings. The van der Waals surface area contributed by atoms with Crippen LogP contribution in [0.2, 0.25) is 0 Å². The van der Waals surface area contributed by atoms with E-state index in [1.807, 2.05) is 19.1 Å². The number of nitrogens with zero attached hydrogens (tertiary/aromatic N) is 3. The number of likely N-dealkylation sites (tertiary alicyclic amines) is 1. The summed E-state index contributed by atoms with van der Waals surface area (Å²) in [6.07, 6.45) is -2.44. The zero-order valence-electron chi connectivity index (χ0n) is 21.9. The number of ether oxygens (including phenoxy) is 1. The lowest BCUT2D eigenvalue weighted by atomic mass is 9.92. The van der Waals surface area contributed by atoms with E-state index in [1.165, 1.54) is 4.90 Å². The summed E-state index contributed by atoms with van der Waals surface area (Å²) >= 11 is 0. The lowest BCUT2D eigenvalue weighted by molar-refractivity contribution is -0.138. The second-order valence-corrected chi connectivity index (χ2v) is 11.0. The number of carbonyl (C=O) groups excluding carboxylic acids is 2. The number of hydrogen-bond acceptors (Lipinski definition) is 4. The molecule has 1 saturated heterocycles. The monoisotopic (exact) mass is 525 g/mol. The Morgan fingerprint density at radius 1 is 1.05 bits per heavy atom. The van der Waals surface area contributed by atoms with Crippen LogP contribution in [0.15, 0.2) is 42.6 Å². The minimum atomic E-state index is -4.62. The van der Waals surface area contributed by atoms with E-state index >= 15 is 0 Å². The fourth-order valence-electron chi connectivity index (χ4n) is 5.39. The van der Waals surface area contributed by atoms with Gasteiger partial charge >= 0.3 is 12.3 Å². The zero-order valence-corrected chi connectivity index (χ0v) is 21.9. The molecule has 1 fully saturated rings. The Balaban J connectivity index is 1.46. The van der Waals surface area contributed by atoms with Gasteiger partial charge in [0.05, 0.1) is 11.1 Å². The number of pyridine rings is 1. The molecule has 0 N–H and O–H groups in total. The molecule has 2 amide bonds. The van der Waals surface area contributed by atoms with E-state index in [-0.39, 0.29) is 23.7 Å². The van der Waals surface area contributed by atoms with Gasteiger partial charge in [-0.3, -0.25) is 9.78 Å². The van der Waals surface area contributed by atoms with Crippen LogP contribution in [0.25, 0.3) is 22.0 Å². The minimum absolute atomic E-state index is 0.00960. The number of hydrogen-bond donors (Lipinski definition) is 0. The number of carbonyl (C=O) groups is 2. The van der Waals surface area contributed by atoms with E-state index in [9.17, 15) is 22.8 Å². The van der Waals surface area contributed by atoms with Crippen molar-refractivity contribution in [1.82, 2.24) is 14.8 Å². The number of piperidine rings is 1. The van der Waals surface area contributed by atoms with Crippen molar-refractivity contribution >= 4 is 22.9 Å². The van der Waals surface area contributed by atoms with Crippen LogP contribution in [0.4, 0.5) is 18.0 Å². The van der Waals surface area contributed by atoms with Crippen molar-refractivity contribution < 1.29 is 27.5 Å². The van der Waals surface area contributed by atoms with Crippen LogP contribution in [-0.4, -0.2) is 51.5 Å². The first-order valence-electron chi connectivity index (χ1n) is 12.7. The van der Waals surface area contributed by atoms with Crippen molar-refractivity contribution in [2.75, 3.05) is 13.1 Å². The third kappa shape index (κ3) is 4.81. The van der Waals surface area contributed by atoms with Crippen LogP contribution in [-0.2, 0) is 17.5 Å². The Kier molecular flexibility index (Phi) is 6.36. The Labute approximate surface area is 219 Å². The lowest BCUT2D eigenvalue weighted by Gasteiger charge is -2.37. The second kappa shape index (κ2) is 9.29. The van der Waals surface area contributed by atoms with Gasteiger partial charge in [0.15, 0.2) is 0 Å². The quantitative estimate of drug-likeness (QED) is 0.379. The summed E-state index contributed by atoms with van der Waals surface area (Å²) in [5.74, 6) is -0.405. The van der Waals surface area contributed by atoms with E-state index in [4.69, 9.17) is 4.74 Å². The molecule has 9 heteroatoms. The largest absolute Gasteiger partial charge is 0.444 e. The standard InChI is InChI=1S/C29H30F3N3O3/c1-17-7-8-20(21-6-5-11-33-25(17)21)18-14-22-23(24(15-18)29(30,31)32)16-35(26(22)36)19-9-12-34(13-10-19)27(37)38-28(2,3)4/h5-8,11,14-15,19H,9-10,12-13,16H2,1-4H3. The van der Waals surface area contributed by atoms with Gasteiger partial charge in [-0.15, -0.1) is 0 Å². The van der Waals surface area contributed by atoms with Gasteiger partial charge < -0.3 is 14.5 Å². The van der Waals surface area contributed by atoms with Crippen molar-refractivity contribution in [3.63, 3.8) is 0 Å². The number of halogens is 3. The molecule has 0 aliphatic carbocycles. The highest BCUT2D eigenvalue weighted by molar-refractivity contribution is 6.02. The molecule has 0 bridgehead atoms. The van der Waals surface area contributed by atoms with Gasteiger partial charge in [0.1, 0.15) is 5.60 Å². The third-order valence-electron chi connectivity index (χ3n) is 7.21. The highest BCUT2D eigenvalue weighted by Crippen LogP contribution is 2.42. The smallest absolute Gasteiger partial charge is 0.416 e. The van der Waals surface area contributed by atoms with E-state index in [2.05, 4.69) is 4.98 Å². The maximum Gasteiger partial charge on any atom is 0.416 e. The normalized spacial score (nSPS) is 16.8. The van der Waals surface area contributed by atoms with Crippen molar-refractivity contribution in [3.05, 3.63) is 64.8 Å². The second-order valence-electron chi connectivity index (χ2n) is 11.0. The SMILES string of the molecule is Cc1ccc(-c2cc3c(c(C(F)(F)F)c2)CN(C2CCN(C(=O)OC(C)(C)C)CC2)C3=O)c2cccnc12. The van der Waals surface area contributed by atoms with Gasteiger partial charge in [0, 0.05) is 42.8 Å². The van der Waals surface area contributed by atoms with Crippen molar-refractivity contribution in [3.8, 4) is 11.1 Å². The maximum atomic E-state index is 14.3. The average molecular weight is 526 g/mol. The molecule has 2 aliphatic heterocycles. The molecule has 0 unspecified atom stereocenters. The minimum Gasteiger partial charge on any atom is -0.444 e. The average Bonchev–Trinajstić information content (AvgIpc) is 3.18. The predicted molar refractivity (Wildman–Crippen MR) is 138 cm³/mol. The highest BCUT2D eigenvalue weighted by Gasteiger charge is 2.42. The Morgan fingerprint density at radius 3 is 2.42 bits per heavy atom. The first-order chi connectivity index (χ1) is 17.8. The van der Waals surface area contributed by atoms with E-state index in [1.54, 1.807) is 50.1 Å². The molecule has 0 saturated carbocycles. The van der Waals surface area contributed by atoms with E-state index in [0.29, 0.717) is 42.6 Å². The number of aryl methyl sites for hydroxylation is 1. The summed E-state index contributed by atoms with van der Waals surface area (Å²) in [6, 6.07) is 9.67. The number of aromatic nitrogens is 1. The number of rotatable bonds is 2. The fraction of sp³-hybridized carbons (Fsp3) is 0.414. The van der Waals surface area contributed by atoms with Gasteiger partial charge in [0.25, 0.3) is 5.91 Å². The summed E-state index contributed by atoms with van der Waals surface area (Å²) in [4.78, 5) is 33.5. The number of fused-ring (bicyclic) bond motifs is 2. The van der Waals surface area contributed by atoms with Crippen LogP contribution < -0.4 is 0 Å². The molecule has 38 heavy (non-hydrogen) atoms. The fourth-order valence-corrected chi connectivity index (χ4v) is 5.39. The molecule has 3 aromatic rings. The molecule has 0 spiro atoms. The van der Waals surface area contributed by atoms with Gasteiger partial charge in [-0.2, -0.15) is 13.2 Å². The van der Waals surface area contributed by atoms with Crippen LogP contribution >= 0.6 is 0 Å². The highest BCUT2D eigenvalue weighted by atomic mass is 19.4. The number of alkyl halides is 3. The molecule has 1 aromatic heterocycles. The molecule has 0 atom stereocenters. The summed E-state index contributed by atoms with van der Waals surface area (Å²) in [7, 11) is 0. The Bertz CT molecular complexity index is 1420. The molecule has 6 nitrogen and oxygen atoms in total.